The van der Waals surface area contributed by atoms with Gasteiger partial charge in [0.05, 0.1) is 5.52 Å². The Kier molecular flexibility index (Phi) is 6.08. The lowest BCUT2D eigenvalue weighted by atomic mass is 10.1. The molecule has 6 nitrogen and oxygen atoms in total. The number of carbonyl (C=O) groups excluding carboxylic acids is 1. The Morgan fingerprint density at radius 3 is 2.50 bits per heavy atom. The van der Waals surface area contributed by atoms with E-state index in [1.807, 2.05) is 38.3 Å². The number of aryl methyl sites for hydroxylation is 1. The standard InChI is InChI=1S/C22H31N3O3/c1-16-5-6-17-7-8-20(26)25(19(17)15-16)14-13-24-11-9-18(10-12-24)23-21(27)28-22(2,3)4/h5-8,15,18H,9-14H2,1-4H3,(H,23,27). The van der Waals surface area contributed by atoms with Crippen molar-refractivity contribution >= 4 is 17.0 Å². The predicted molar refractivity (Wildman–Crippen MR) is 112 cm³/mol. The molecule has 2 aromatic rings. The molecule has 0 radical (unpaired) electrons. The van der Waals surface area contributed by atoms with E-state index < -0.39 is 5.60 Å². The van der Waals surface area contributed by atoms with Gasteiger partial charge in [0.1, 0.15) is 5.60 Å². The third kappa shape index (κ3) is 5.35. The van der Waals surface area contributed by atoms with E-state index in [-0.39, 0.29) is 17.7 Å². The predicted octanol–water partition coefficient (Wildman–Crippen LogP) is 3.30. The molecule has 1 amide bonds. The monoisotopic (exact) mass is 385 g/mol. The van der Waals surface area contributed by atoms with Gasteiger partial charge in [0.25, 0.3) is 5.56 Å². The molecule has 1 aromatic heterocycles. The molecule has 0 unspecified atom stereocenters. The van der Waals surface area contributed by atoms with Gasteiger partial charge in [-0.2, -0.15) is 0 Å². The molecule has 0 atom stereocenters. The zero-order valence-corrected chi connectivity index (χ0v) is 17.3. The van der Waals surface area contributed by atoms with Crippen LogP contribution in [0.3, 0.4) is 0 Å². The van der Waals surface area contributed by atoms with E-state index >= 15 is 0 Å². The number of fused-ring (bicyclic) bond motifs is 1. The fourth-order valence-electron chi connectivity index (χ4n) is 3.65. The van der Waals surface area contributed by atoms with E-state index in [4.69, 9.17) is 4.74 Å². The van der Waals surface area contributed by atoms with Gasteiger partial charge in [-0.3, -0.25) is 4.79 Å². The van der Waals surface area contributed by atoms with Crippen molar-refractivity contribution in [3.05, 3.63) is 46.2 Å². The topological polar surface area (TPSA) is 63.6 Å². The van der Waals surface area contributed by atoms with Gasteiger partial charge in [-0.15, -0.1) is 0 Å². The number of alkyl carbamates (subject to hydrolysis) is 1. The van der Waals surface area contributed by atoms with Crippen LogP contribution in [0.2, 0.25) is 0 Å². The molecule has 1 aliphatic rings. The highest BCUT2D eigenvalue weighted by Crippen LogP contribution is 2.15. The molecule has 0 aliphatic carbocycles. The second kappa shape index (κ2) is 8.35. The van der Waals surface area contributed by atoms with Crippen LogP contribution in [0.4, 0.5) is 4.79 Å². The number of piperidine rings is 1. The Balaban J connectivity index is 1.54. The summed E-state index contributed by atoms with van der Waals surface area (Å²) < 4.78 is 7.20. The number of ether oxygens (including phenoxy) is 1. The van der Waals surface area contributed by atoms with Crippen LogP contribution in [0.5, 0.6) is 0 Å². The fraction of sp³-hybridized carbons (Fsp3) is 0.545. The maximum absolute atomic E-state index is 12.4. The van der Waals surface area contributed by atoms with Crippen LogP contribution in [0.15, 0.2) is 35.1 Å². The van der Waals surface area contributed by atoms with Crippen LogP contribution in [0.25, 0.3) is 10.9 Å². The summed E-state index contributed by atoms with van der Waals surface area (Å²) >= 11 is 0. The number of amides is 1. The molecule has 28 heavy (non-hydrogen) atoms. The van der Waals surface area contributed by atoms with E-state index in [1.54, 1.807) is 6.07 Å². The van der Waals surface area contributed by atoms with Crippen molar-refractivity contribution in [3.8, 4) is 0 Å². The van der Waals surface area contributed by atoms with E-state index in [2.05, 4.69) is 28.4 Å². The molecule has 2 heterocycles. The van der Waals surface area contributed by atoms with E-state index in [0.29, 0.717) is 6.54 Å². The van der Waals surface area contributed by atoms with Gasteiger partial charge < -0.3 is 19.5 Å². The Labute approximate surface area is 166 Å². The summed E-state index contributed by atoms with van der Waals surface area (Å²) in [7, 11) is 0. The highest BCUT2D eigenvalue weighted by atomic mass is 16.6. The molecular weight excluding hydrogens is 354 g/mol. The largest absolute Gasteiger partial charge is 0.444 e. The Morgan fingerprint density at radius 1 is 1.14 bits per heavy atom. The van der Waals surface area contributed by atoms with Gasteiger partial charge >= 0.3 is 6.09 Å². The van der Waals surface area contributed by atoms with Crippen molar-refractivity contribution < 1.29 is 9.53 Å². The van der Waals surface area contributed by atoms with Gasteiger partial charge in [-0.25, -0.2) is 4.79 Å². The Morgan fingerprint density at radius 2 is 1.82 bits per heavy atom. The molecular formula is C22H31N3O3. The maximum Gasteiger partial charge on any atom is 0.407 e. The number of aromatic nitrogens is 1. The Hall–Kier alpha value is -2.34. The molecule has 1 N–H and O–H groups in total. The van der Waals surface area contributed by atoms with E-state index in [9.17, 15) is 9.59 Å². The molecule has 0 spiro atoms. The van der Waals surface area contributed by atoms with Gasteiger partial charge in [-0.05, 0) is 63.6 Å². The molecule has 1 saturated heterocycles. The van der Waals surface area contributed by atoms with Crippen LogP contribution in [-0.2, 0) is 11.3 Å². The van der Waals surface area contributed by atoms with E-state index in [0.717, 1.165) is 48.9 Å². The second-order valence-electron chi connectivity index (χ2n) is 8.65. The summed E-state index contributed by atoms with van der Waals surface area (Å²) in [6.07, 6.45) is 1.44. The first kappa shape index (κ1) is 20.4. The summed E-state index contributed by atoms with van der Waals surface area (Å²) in [6.45, 7) is 10.9. The third-order valence-electron chi connectivity index (χ3n) is 5.10. The lowest BCUT2D eigenvalue weighted by Crippen LogP contribution is -2.46. The first-order valence-electron chi connectivity index (χ1n) is 10.0. The van der Waals surface area contributed by atoms with Crippen LogP contribution < -0.4 is 10.9 Å². The van der Waals surface area contributed by atoms with Crippen LogP contribution in [0, 0.1) is 6.92 Å². The summed E-state index contributed by atoms with van der Waals surface area (Å²) in [4.78, 5) is 26.7. The number of nitrogens with one attached hydrogen (secondary N) is 1. The number of benzene rings is 1. The Bertz CT molecular complexity index is 890. The zero-order chi connectivity index (χ0) is 20.3. The lowest BCUT2D eigenvalue weighted by molar-refractivity contribution is 0.0478. The van der Waals surface area contributed by atoms with Crippen LogP contribution in [-0.4, -0.2) is 46.8 Å². The van der Waals surface area contributed by atoms with Gasteiger partial charge in [0, 0.05) is 38.3 Å². The molecule has 6 heteroatoms. The summed E-state index contributed by atoms with van der Waals surface area (Å²) in [6, 6.07) is 9.90. The second-order valence-corrected chi connectivity index (χ2v) is 8.65. The van der Waals surface area contributed by atoms with Crippen LogP contribution in [0.1, 0.15) is 39.2 Å². The van der Waals surface area contributed by atoms with Gasteiger partial charge in [0.15, 0.2) is 0 Å². The van der Waals surface area contributed by atoms with E-state index in [1.165, 1.54) is 0 Å². The molecule has 1 aromatic carbocycles. The van der Waals surface area contributed by atoms with Crippen molar-refractivity contribution in [1.82, 2.24) is 14.8 Å². The third-order valence-corrected chi connectivity index (χ3v) is 5.10. The van der Waals surface area contributed by atoms with Crippen molar-refractivity contribution in [1.29, 1.82) is 0 Å². The smallest absolute Gasteiger partial charge is 0.407 e. The number of rotatable bonds is 4. The number of hydrogen-bond acceptors (Lipinski definition) is 4. The number of hydrogen-bond donors (Lipinski definition) is 1. The zero-order valence-electron chi connectivity index (χ0n) is 17.3. The average Bonchev–Trinajstić information content (AvgIpc) is 2.60. The molecule has 1 aliphatic heterocycles. The number of pyridine rings is 1. The first-order valence-corrected chi connectivity index (χ1v) is 10.0. The summed E-state index contributed by atoms with van der Waals surface area (Å²) in [5, 5.41) is 4.05. The van der Waals surface area contributed by atoms with Gasteiger partial charge in [0.2, 0.25) is 0 Å². The van der Waals surface area contributed by atoms with Crippen LogP contribution >= 0.6 is 0 Å². The lowest BCUT2D eigenvalue weighted by Gasteiger charge is -2.33. The minimum atomic E-state index is -0.477. The first-order chi connectivity index (χ1) is 13.2. The molecule has 0 saturated carbocycles. The molecule has 1 fully saturated rings. The quantitative estimate of drug-likeness (QED) is 0.877. The summed E-state index contributed by atoms with van der Waals surface area (Å²) in [5.74, 6) is 0. The fourth-order valence-corrected chi connectivity index (χ4v) is 3.65. The van der Waals surface area contributed by atoms with Gasteiger partial charge in [-0.1, -0.05) is 12.1 Å². The van der Waals surface area contributed by atoms with Crippen molar-refractivity contribution in [2.75, 3.05) is 19.6 Å². The highest BCUT2D eigenvalue weighted by Gasteiger charge is 2.23. The minimum absolute atomic E-state index is 0.0413. The molecule has 3 rings (SSSR count). The van der Waals surface area contributed by atoms with Crippen molar-refractivity contribution in [2.24, 2.45) is 0 Å². The normalized spacial score (nSPS) is 16.3. The SMILES string of the molecule is Cc1ccc2ccc(=O)n(CCN3CCC(NC(=O)OC(C)(C)C)CC3)c2c1. The molecule has 0 bridgehead atoms. The van der Waals surface area contributed by atoms with Crippen molar-refractivity contribution in [2.45, 2.75) is 58.7 Å². The van der Waals surface area contributed by atoms with Crippen molar-refractivity contribution in [3.63, 3.8) is 0 Å². The number of likely N-dealkylation sites (tertiary alicyclic amines) is 1. The minimum Gasteiger partial charge on any atom is -0.444 e. The molecule has 152 valence electrons. The number of nitrogens with zero attached hydrogens (tertiary/aromatic N) is 2. The maximum atomic E-state index is 12.4. The summed E-state index contributed by atoms with van der Waals surface area (Å²) in [5.41, 5.74) is 1.71. The average molecular weight is 386 g/mol. The number of carbonyl (C=O) groups is 1. The highest BCUT2D eigenvalue weighted by molar-refractivity contribution is 5.79.